The predicted molar refractivity (Wildman–Crippen MR) is 77.7 cm³/mol. The molecular weight excluding hydrogens is 290 g/mol. The fourth-order valence-electron chi connectivity index (χ4n) is 2.15. The van der Waals surface area contributed by atoms with Gasteiger partial charge in [-0.25, -0.2) is 0 Å². The molecule has 1 unspecified atom stereocenters. The topological polar surface area (TPSA) is 25.2 Å². The molecule has 1 aromatic carbocycles. The molecule has 18 heavy (non-hydrogen) atoms. The van der Waals surface area contributed by atoms with E-state index < -0.39 is 0 Å². The van der Waals surface area contributed by atoms with Gasteiger partial charge in [-0.1, -0.05) is 35.0 Å². The summed E-state index contributed by atoms with van der Waals surface area (Å²) in [4.78, 5) is 0. The number of furan rings is 1. The maximum absolute atomic E-state index is 5.61. The van der Waals surface area contributed by atoms with Crippen LogP contribution in [0.25, 0.3) is 0 Å². The lowest BCUT2D eigenvalue weighted by atomic mass is 10.0. The van der Waals surface area contributed by atoms with Crippen molar-refractivity contribution in [2.45, 2.75) is 26.3 Å². The van der Waals surface area contributed by atoms with Crippen molar-refractivity contribution in [2.24, 2.45) is 0 Å². The molecule has 1 N–H and O–H groups in total. The van der Waals surface area contributed by atoms with Gasteiger partial charge in [-0.3, -0.25) is 0 Å². The van der Waals surface area contributed by atoms with Gasteiger partial charge in [-0.2, -0.15) is 0 Å². The standard InChI is InChI=1S/C15H18BrNO/c1-3-17-14(15-11(2)7-8-18-15)10-12-5-4-6-13(16)9-12/h4-9,14,17H,3,10H2,1-2H3. The minimum atomic E-state index is 0.235. The molecule has 0 saturated heterocycles. The first kappa shape index (κ1) is 13.4. The Bertz CT molecular complexity index is 507. The molecule has 3 heteroatoms. The fourth-order valence-corrected chi connectivity index (χ4v) is 2.59. The van der Waals surface area contributed by atoms with Crippen LogP contribution in [0.1, 0.15) is 29.9 Å². The molecule has 0 aliphatic carbocycles. The lowest BCUT2D eigenvalue weighted by Crippen LogP contribution is -2.23. The van der Waals surface area contributed by atoms with Gasteiger partial charge in [0.15, 0.2) is 0 Å². The van der Waals surface area contributed by atoms with Gasteiger partial charge in [0.05, 0.1) is 12.3 Å². The van der Waals surface area contributed by atoms with Gasteiger partial charge in [0, 0.05) is 4.47 Å². The maximum atomic E-state index is 5.61. The van der Waals surface area contributed by atoms with Gasteiger partial charge in [-0.05, 0) is 49.2 Å². The lowest BCUT2D eigenvalue weighted by Gasteiger charge is -2.17. The number of hydrogen-bond donors (Lipinski definition) is 1. The molecule has 1 atom stereocenters. The first-order valence-electron chi connectivity index (χ1n) is 6.22. The normalized spacial score (nSPS) is 12.6. The highest BCUT2D eigenvalue weighted by molar-refractivity contribution is 9.10. The summed E-state index contributed by atoms with van der Waals surface area (Å²) >= 11 is 3.51. The number of nitrogens with one attached hydrogen (secondary N) is 1. The molecular formula is C15H18BrNO. The second-order valence-electron chi connectivity index (χ2n) is 4.41. The first-order valence-corrected chi connectivity index (χ1v) is 7.01. The highest BCUT2D eigenvalue weighted by Crippen LogP contribution is 2.23. The fraction of sp³-hybridized carbons (Fsp3) is 0.333. The van der Waals surface area contributed by atoms with Gasteiger partial charge in [-0.15, -0.1) is 0 Å². The maximum Gasteiger partial charge on any atom is 0.123 e. The molecule has 0 spiro atoms. The minimum absolute atomic E-state index is 0.235. The summed E-state index contributed by atoms with van der Waals surface area (Å²) in [6.45, 7) is 5.13. The number of likely N-dealkylation sites (N-methyl/N-ethyl adjacent to an activating group) is 1. The SMILES string of the molecule is CCNC(Cc1cccc(Br)c1)c1occc1C. The summed E-state index contributed by atoms with van der Waals surface area (Å²) in [5, 5.41) is 3.48. The average molecular weight is 308 g/mol. The third kappa shape index (κ3) is 3.24. The summed E-state index contributed by atoms with van der Waals surface area (Å²) in [6.07, 6.45) is 2.69. The monoisotopic (exact) mass is 307 g/mol. The van der Waals surface area contributed by atoms with E-state index in [1.807, 2.05) is 12.1 Å². The van der Waals surface area contributed by atoms with E-state index in [4.69, 9.17) is 4.42 Å². The van der Waals surface area contributed by atoms with Crippen LogP contribution in [-0.2, 0) is 6.42 Å². The van der Waals surface area contributed by atoms with E-state index in [-0.39, 0.29) is 6.04 Å². The smallest absolute Gasteiger partial charge is 0.123 e. The summed E-state index contributed by atoms with van der Waals surface area (Å²) < 4.78 is 6.72. The van der Waals surface area contributed by atoms with Crippen LogP contribution in [-0.4, -0.2) is 6.54 Å². The number of hydrogen-bond acceptors (Lipinski definition) is 2. The molecule has 0 saturated carbocycles. The van der Waals surface area contributed by atoms with E-state index in [0.717, 1.165) is 23.2 Å². The Hall–Kier alpha value is -1.06. The molecule has 1 aromatic heterocycles. The number of aryl methyl sites for hydroxylation is 1. The van der Waals surface area contributed by atoms with Crippen molar-refractivity contribution >= 4 is 15.9 Å². The third-order valence-corrected chi connectivity index (χ3v) is 3.49. The second-order valence-corrected chi connectivity index (χ2v) is 5.33. The molecule has 2 nitrogen and oxygen atoms in total. The van der Waals surface area contributed by atoms with Crippen LogP contribution in [0, 0.1) is 6.92 Å². The molecule has 2 rings (SSSR count). The van der Waals surface area contributed by atoms with Crippen LogP contribution in [0.3, 0.4) is 0 Å². The van der Waals surface area contributed by atoms with Crippen LogP contribution < -0.4 is 5.32 Å². The van der Waals surface area contributed by atoms with Crippen LogP contribution >= 0.6 is 15.9 Å². The molecule has 0 amide bonds. The van der Waals surface area contributed by atoms with E-state index in [1.54, 1.807) is 6.26 Å². The lowest BCUT2D eigenvalue weighted by molar-refractivity contribution is 0.413. The van der Waals surface area contributed by atoms with E-state index in [2.05, 4.69) is 53.3 Å². The third-order valence-electron chi connectivity index (χ3n) is 3.00. The van der Waals surface area contributed by atoms with E-state index in [1.165, 1.54) is 11.1 Å². The molecule has 0 radical (unpaired) electrons. The zero-order chi connectivity index (χ0) is 13.0. The molecule has 96 valence electrons. The molecule has 1 heterocycles. The van der Waals surface area contributed by atoms with E-state index in [0.29, 0.717) is 0 Å². The highest BCUT2D eigenvalue weighted by Gasteiger charge is 2.16. The second kappa shape index (κ2) is 6.21. The van der Waals surface area contributed by atoms with Crippen molar-refractivity contribution in [3.05, 3.63) is 58.0 Å². The zero-order valence-corrected chi connectivity index (χ0v) is 12.3. The summed E-state index contributed by atoms with van der Waals surface area (Å²) in [5.74, 6) is 1.04. The Kier molecular flexibility index (Phi) is 4.61. The Morgan fingerprint density at radius 1 is 1.33 bits per heavy atom. The Balaban J connectivity index is 2.19. The summed E-state index contributed by atoms with van der Waals surface area (Å²) in [6, 6.07) is 10.7. The van der Waals surface area contributed by atoms with Crippen LogP contribution in [0.5, 0.6) is 0 Å². The average Bonchev–Trinajstić information content (AvgIpc) is 2.75. The van der Waals surface area contributed by atoms with Gasteiger partial charge in [0.1, 0.15) is 5.76 Å². The number of rotatable bonds is 5. The van der Waals surface area contributed by atoms with Crippen LogP contribution in [0.15, 0.2) is 45.5 Å². The summed E-state index contributed by atoms with van der Waals surface area (Å²) in [7, 11) is 0. The predicted octanol–water partition coefficient (Wildman–Crippen LogP) is 4.24. The van der Waals surface area contributed by atoms with Gasteiger partial charge in [0.25, 0.3) is 0 Å². The molecule has 0 aliphatic rings. The largest absolute Gasteiger partial charge is 0.467 e. The highest BCUT2D eigenvalue weighted by atomic mass is 79.9. The Morgan fingerprint density at radius 2 is 2.17 bits per heavy atom. The molecule has 0 bridgehead atoms. The van der Waals surface area contributed by atoms with Crippen molar-refractivity contribution in [1.82, 2.24) is 5.32 Å². The van der Waals surface area contributed by atoms with Crippen LogP contribution in [0.4, 0.5) is 0 Å². The van der Waals surface area contributed by atoms with Gasteiger partial charge in [0.2, 0.25) is 0 Å². The van der Waals surface area contributed by atoms with Crippen molar-refractivity contribution in [2.75, 3.05) is 6.54 Å². The van der Waals surface area contributed by atoms with Crippen molar-refractivity contribution in [1.29, 1.82) is 0 Å². The molecule has 2 aromatic rings. The number of halogens is 1. The number of benzene rings is 1. The Labute approximate surface area is 117 Å². The van der Waals surface area contributed by atoms with E-state index in [9.17, 15) is 0 Å². The Morgan fingerprint density at radius 3 is 2.78 bits per heavy atom. The quantitative estimate of drug-likeness (QED) is 0.893. The minimum Gasteiger partial charge on any atom is -0.467 e. The van der Waals surface area contributed by atoms with Crippen molar-refractivity contribution in [3.63, 3.8) is 0 Å². The molecule has 0 aliphatic heterocycles. The van der Waals surface area contributed by atoms with Crippen molar-refractivity contribution < 1.29 is 4.42 Å². The zero-order valence-electron chi connectivity index (χ0n) is 10.7. The first-order chi connectivity index (χ1) is 8.70. The summed E-state index contributed by atoms with van der Waals surface area (Å²) in [5.41, 5.74) is 2.50. The van der Waals surface area contributed by atoms with Gasteiger partial charge < -0.3 is 9.73 Å². The van der Waals surface area contributed by atoms with Crippen molar-refractivity contribution in [3.8, 4) is 0 Å². The molecule has 0 fully saturated rings. The van der Waals surface area contributed by atoms with Crippen LogP contribution in [0.2, 0.25) is 0 Å². The van der Waals surface area contributed by atoms with Gasteiger partial charge >= 0.3 is 0 Å². The van der Waals surface area contributed by atoms with E-state index >= 15 is 0 Å².